The highest BCUT2D eigenvalue weighted by atomic mass is 35.5. The summed E-state index contributed by atoms with van der Waals surface area (Å²) in [5.74, 6) is 0. The van der Waals surface area contributed by atoms with Crippen molar-refractivity contribution in [2.45, 2.75) is 23.0 Å². The summed E-state index contributed by atoms with van der Waals surface area (Å²) in [6, 6.07) is 7.62. The van der Waals surface area contributed by atoms with Gasteiger partial charge in [-0.25, -0.2) is 9.97 Å². The van der Waals surface area contributed by atoms with Crippen molar-refractivity contribution in [2.24, 2.45) is 5.73 Å². The van der Waals surface area contributed by atoms with Crippen molar-refractivity contribution in [3.05, 3.63) is 47.2 Å². The summed E-state index contributed by atoms with van der Waals surface area (Å²) in [6.45, 7) is 1.94. The molecule has 0 aliphatic rings. The van der Waals surface area contributed by atoms with Crippen LogP contribution in [0.25, 0.3) is 0 Å². The van der Waals surface area contributed by atoms with Crippen molar-refractivity contribution in [1.29, 1.82) is 0 Å². The second-order valence-corrected chi connectivity index (χ2v) is 5.11. The van der Waals surface area contributed by atoms with E-state index in [4.69, 9.17) is 17.3 Å². The van der Waals surface area contributed by atoms with E-state index in [-0.39, 0.29) is 6.04 Å². The summed E-state index contributed by atoms with van der Waals surface area (Å²) < 4.78 is 0. The molecule has 2 N–H and O–H groups in total. The molecule has 0 saturated heterocycles. The Balaban J connectivity index is 2.11. The molecule has 0 fully saturated rings. The van der Waals surface area contributed by atoms with Crippen molar-refractivity contribution in [3.8, 4) is 0 Å². The van der Waals surface area contributed by atoms with E-state index in [0.717, 1.165) is 15.6 Å². The molecule has 1 unspecified atom stereocenters. The molecule has 88 valence electrons. The summed E-state index contributed by atoms with van der Waals surface area (Å²) >= 11 is 7.26. The Morgan fingerprint density at radius 3 is 2.24 bits per heavy atom. The molecular formula is C12H12ClN3S. The zero-order valence-corrected chi connectivity index (χ0v) is 10.9. The molecule has 2 heterocycles. The zero-order chi connectivity index (χ0) is 12.3. The Labute approximate surface area is 109 Å². The Bertz CT molecular complexity index is 482. The van der Waals surface area contributed by atoms with Crippen LogP contribution in [0.15, 0.2) is 46.7 Å². The van der Waals surface area contributed by atoms with Gasteiger partial charge in [-0.15, -0.1) is 0 Å². The summed E-state index contributed by atoms with van der Waals surface area (Å²) in [7, 11) is 0. The lowest BCUT2D eigenvalue weighted by Gasteiger charge is -2.05. The maximum Gasteiger partial charge on any atom is 0.102 e. The minimum Gasteiger partial charge on any atom is -0.324 e. The van der Waals surface area contributed by atoms with Gasteiger partial charge in [0.05, 0.1) is 5.02 Å². The lowest BCUT2D eigenvalue weighted by molar-refractivity contribution is 0.806. The predicted octanol–water partition coefficient (Wildman–Crippen LogP) is 3.30. The summed E-state index contributed by atoms with van der Waals surface area (Å²) in [4.78, 5) is 8.53. The van der Waals surface area contributed by atoms with Gasteiger partial charge >= 0.3 is 0 Å². The molecule has 0 radical (unpaired) electrons. The molecule has 0 spiro atoms. The monoisotopic (exact) mass is 265 g/mol. The number of nitrogens with zero attached hydrogens (tertiary/aromatic N) is 2. The van der Waals surface area contributed by atoms with Crippen LogP contribution < -0.4 is 5.73 Å². The van der Waals surface area contributed by atoms with Crippen LogP contribution in [0.1, 0.15) is 18.5 Å². The molecule has 2 aromatic rings. The minimum absolute atomic E-state index is 0.00945. The van der Waals surface area contributed by atoms with E-state index in [9.17, 15) is 0 Å². The van der Waals surface area contributed by atoms with Crippen LogP contribution in [0.2, 0.25) is 5.02 Å². The van der Waals surface area contributed by atoms with Gasteiger partial charge in [-0.2, -0.15) is 0 Å². The fraction of sp³-hybridized carbons (Fsp3) is 0.167. The second-order valence-electron chi connectivity index (χ2n) is 3.64. The van der Waals surface area contributed by atoms with E-state index in [1.807, 2.05) is 31.2 Å². The van der Waals surface area contributed by atoms with E-state index < -0.39 is 0 Å². The first-order valence-electron chi connectivity index (χ1n) is 5.16. The molecule has 0 aliphatic heterocycles. The highest BCUT2D eigenvalue weighted by Crippen LogP contribution is 2.25. The van der Waals surface area contributed by atoms with Crippen LogP contribution >= 0.6 is 23.4 Å². The maximum atomic E-state index is 5.77. The molecule has 0 bridgehead atoms. The Kier molecular flexibility index (Phi) is 3.99. The fourth-order valence-corrected chi connectivity index (χ4v) is 2.06. The van der Waals surface area contributed by atoms with Crippen molar-refractivity contribution >= 4 is 23.4 Å². The van der Waals surface area contributed by atoms with Gasteiger partial charge in [-0.05, 0) is 30.7 Å². The number of nitrogens with two attached hydrogens (primary N) is 1. The van der Waals surface area contributed by atoms with Crippen LogP contribution in [0.5, 0.6) is 0 Å². The highest BCUT2D eigenvalue weighted by molar-refractivity contribution is 7.99. The van der Waals surface area contributed by atoms with Gasteiger partial charge in [-0.3, -0.25) is 0 Å². The van der Waals surface area contributed by atoms with Crippen molar-refractivity contribution in [1.82, 2.24) is 9.97 Å². The zero-order valence-electron chi connectivity index (χ0n) is 9.30. The number of pyridine rings is 2. The molecule has 3 nitrogen and oxygen atoms in total. The van der Waals surface area contributed by atoms with Crippen LogP contribution in [0.3, 0.4) is 0 Å². The van der Waals surface area contributed by atoms with Gasteiger partial charge in [0.25, 0.3) is 0 Å². The third-order valence-electron chi connectivity index (χ3n) is 2.19. The topological polar surface area (TPSA) is 51.8 Å². The fourth-order valence-electron chi connectivity index (χ4n) is 1.25. The van der Waals surface area contributed by atoms with Crippen molar-refractivity contribution < 1.29 is 0 Å². The average Bonchev–Trinajstić information content (AvgIpc) is 2.33. The van der Waals surface area contributed by atoms with Gasteiger partial charge in [0, 0.05) is 18.4 Å². The lowest BCUT2D eigenvalue weighted by atomic mass is 10.2. The third kappa shape index (κ3) is 3.43. The number of rotatable bonds is 3. The molecule has 0 aliphatic carbocycles. The van der Waals surface area contributed by atoms with Crippen molar-refractivity contribution in [3.63, 3.8) is 0 Å². The molecule has 2 rings (SSSR count). The van der Waals surface area contributed by atoms with E-state index >= 15 is 0 Å². The second kappa shape index (κ2) is 5.49. The van der Waals surface area contributed by atoms with Crippen LogP contribution in [-0.2, 0) is 0 Å². The molecule has 1 atom stereocenters. The SMILES string of the molecule is CC(N)c1ccc(Sc2ccc(Cl)cn2)nc1. The normalized spacial score (nSPS) is 12.4. The van der Waals surface area contributed by atoms with Gasteiger partial charge in [0.1, 0.15) is 10.1 Å². The Hall–Kier alpha value is -1.10. The van der Waals surface area contributed by atoms with Gasteiger partial charge in [0.15, 0.2) is 0 Å². The molecular weight excluding hydrogens is 254 g/mol. The van der Waals surface area contributed by atoms with Crippen LogP contribution in [0.4, 0.5) is 0 Å². The van der Waals surface area contributed by atoms with E-state index in [1.54, 1.807) is 12.4 Å². The maximum absolute atomic E-state index is 5.77. The smallest absolute Gasteiger partial charge is 0.102 e. The first-order chi connectivity index (χ1) is 8.15. The third-order valence-corrected chi connectivity index (χ3v) is 3.32. The Morgan fingerprint density at radius 2 is 1.76 bits per heavy atom. The standard InChI is InChI=1S/C12H12ClN3S/c1-8(14)9-2-4-11(15-6-9)17-12-5-3-10(13)7-16-12/h2-8H,14H2,1H3. The van der Waals surface area contributed by atoms with Gasteiger partial charge in [-0.1, -0.05) is 29.4 Å². The average molecular weight is 266 g/mol. The van der Waals surface area contributed by atoms with Crippen LogP contribution in [-0.4, -0.2) is 9.97 Å². The lowest BCUT2D eigenvalue weighted by Crippen LogP contribution is -2.04. The Morgan fingerprint density at radius 1 is 1.12 bits per heavy atom. The summed E-state index contributed by atoms with van der Waals surface area (Å²) in [5, 5.41) is 2.40. The predicted molar refractivity (Wildman–Crippen MR) is 70.2 cm³/mol. The number of halogens is 1. The molecule has 5 heteroatoms. The molecule has 2 aromatic heterocycles. The minimum atomic E-state index is 0.00945. The van der Waals surface area contributed by atoms with E-state index in [1.165, 1.54) is 11.8 Å². The molecule has 17 heavy (non-hydrogen) atoms. The first kappa shape index (κ1) is 12.4. The number of hydrogen-bond acceptors (Lipinski definition) is 4. The summed E-state index contributed by atoms with van der Waals surface area (Å²) in [5.41, 5.74) is 6.79. The van der Waals surface area contributed by atoms with Gasteiger partial charge < -0.3 is 5.73 Å². The molecule has 0 saturated carbocycles. The highest BCUT2D eigenvalue weighted by Gasteiger charge is 2.03. The number of aromatic nitrogens is 2. The summed E-state index contributed by atoms with van der Waals surface area (Å²) in [6.07, 6.45) is 3.42. The first-order valence-corrected chi connectivity index (χ1v) is 6.35. The molecule has 0 aromatic carbocycles. The molecule has 0 amide bonds. The van der Waals surface area contributed by atoms with Crippen LogP contribution in [0, 0.1) is 0 Å². The van der Waals surface area contributed by atoms with E-state index in [0.29, 0.717) is 5.02 Å². The van der Waals surface area contributed by atoms with Crippen molar-refractivity contribution in [2.75, 3.05) is 0 Å². The largest absolute Gasteiger partial charge is 0.324 e. The van der Waals surface area contributed by atoms with Gasteiger partial charge in [0.2, 0.25) is 0 Å². The van der Waals surface area contributed by atoms with E-state index in [2.05, 4.69) is 9.97 Å². The quantitative estimate of drug-likeness (QED) is 0.925. The number of hydrogen-bond donors (Lipinski definition) is 1.